The number of hydrogen-bond donors (Lipinski definition) is 2. The summed E-state index contributed by atoms with van der Waals surface area (Å²) < 4.78 is 60.6. The molecule has 3 aromatic heterocycles. The zero-order chi connectivity index (χ0) is 25.6. The molecule has 36 heavy (non-hydrogen) atoms. The van der Waals surface area contributed by atoms with Gasteiger partial charge in [-0.15, -0.1) is 0 Å². The molecule has 13 heteroatoms. The number of halogens is 4. The minimum atomic E-state index is -4.82. The van der Waals surface area contributed by atoms with E-state index in [1.54, 1.807) is 18.3 Å². The van der Waals surface area contributed by atoms with Gasteiger partial charge >= 0.3 is 12.2 Å². The summed E-state index contributed by atoms with van der Waals surface area (Å²) in [6.07, 6.45) is 0.919. The largest absolute Gasteiger partial charge is 0.443 e. The maximum atomic E-state index is 14.0. The summed E-state index contributed by atoms with van der Waals surface area (Å²) in [5.74, 6) is -0.555. The summed E-state index contributed by atoms with van der Waals surface area (Å²) in [6, 6.07) is 6.75. The highest BCUT2D eigenvalue weighted by Gasteiger charge is 2.32. The number of aromatic nitrogens is 4. The Morgan fingerprint density at radius 1 is 1.08 bits per heavy atom. The van der Waals surface area contributed by atoms with E-state index in [0.717, 1.165) is 11.0 Å². The van der Waals surface area contributed by atoms with Crippen LogP contribution in [0.25, 0.3) is 28.0 Å². The van der Waals surface area contributed by atoms with Crippen molar-refractivity contribution < 1.29 is 26.8 Å². The van der Waals surface area contributed by atoms with Gasteiger partial charge in [-0.05, 0) is 35.9 Å². The maximum absolute atomic E-state index is 14.0. The zero-order valence-electron chi connectivity index (χ0n) is 18.1. The Labute approximate surface area is 199 Å². The van der Waals surface area contributed by atoms with Crippen LogP contribution < -0.4 is 16.4 Å². The molecule has 3 heterocycles. The minimum absolute atomic E-state index is 0.110. The van der Waals surface area contributed by atoms with Crippen molar-refractivity contribution in [1.29, 1.82) is 0 Å². The molecule has 4 N–H and O–H groups in total. The number of oxazole rings is 1. The number of anilines is 3. The van der Waals surface area contributed by atoms with E-state index >= 15 is 0 Å². The summed E-state index contributed by atoms with van der Waals surface area (Å²) >= 11 is 0. The number of urea groups is 1. The molecule has 0 unspecified atom stereocenters. The number of fused-ring (bicyclic) bond motifs is 1. The van der Waals surface area contributed by atoms with Crippen molar-refractivity contribution in [1.82, 2.24) is 19.6 Å². The fourth-order valence-corrected chi connectivity index (χ4v) is 3.91. The Kier molecular flexibility index (Phi) is 5.31. The van der Waals surface area contributed by atoms with Crippen molar-refractivity contribution in [3.05, 3.63) is 79.0 Å². The highest BCUT2D eigenvalue weighted by atomic mass is 19.4. The molecule has 0 saturated heterocycles. The lowest BCUT2D eigenvalue weighted by molar-refractivity contribution is -0.137. The van der Waals surface area contributed by atoms with Crippen molar-refractivity contribution in [2.24, 2.45) is 5.73 Å². The Bertz CT molecular complexity index is 1580. The molecule has 0 spiro atoms. The Hall–Kier alpha value is -4.94. The van der Waals surface area contributed by atoms with E-state index in [9.17, 15) is 22.4 Å². The van der Waals surface area contributed by atoms with Crippen LogP contribution >= 0.6 is 0 Å². The smallest absolute Gasteiger partial charge is 0.416 e. The SMILES string of the molecule is NC(=O)N(c1ccc(-c2c(-c3cnco3)cn3ncnc(N)c23)cc1)c1cc(F)cc(C(F)(F)F)c1. The second kappa shape index (κ2) is 8.37. The fourth-order valence-electron chi connectivity index (χ4n) is 3.91. The summed E-state index contributed by atoms with van der Waals surface area (Å²) in [4.78, 5) is 20.9. The van der Waals surface area contributed by atoms with Crippen molar-refractivity contribution >= 4 is 28.7 Å². The number of nitrogens with two attached hydrogens (primary N) is 2. The molecule has 9 nitrogen and oxygen atoms in total. The second-order valence-electron chi connectivity index (χ2n) is 7.64. The van der Waals surface area contributed by atoms with E-state index in [1.165, 1.54) is 35.6 Å². The number of nitrogens with zero attached hydrogens (tertiary/aromatic N) is 5. The molecule has 0 aliphatic rings. The van der Waals surface area contributed by atoms with E-state index in [-0.39, 0.29) is 17.2 Å². The Morgan fingerprint density at radius 2 is 1.83 bits per heavy atom. The zero-order valence-corrected chi connectivity index (χ0v) is 18.1. The van der Waals surface area contributed by atoms with E-state index in [1.807, 2.05) is 0 Å². The second-order valence-corrected chi connectivity index (χ2v) is 7.64. The monoisotopic (exact) mass is 497 g/mol. The molecular formula is C23H15F4N7O2. The van der Waals surface area contributed by atoms with Crippen molar-refractivity contribution in [2.45, 2.75) is 6.18 Å². The number of carbonyl (C=O) groups excluding carboxylic acids is 1. The molecule has 0 radical (unpaired) electrons. The predicted molar refractivity (Wildman–Crippen MR) is 121 cm³/mol. The molecule has 0 bridgehead atoms. The van der Waals surface area contributed by atoms with Crippen LogP contribution in [-0.4, -0.2) is 25.6 Å². The van der Waals surface area contributed by atoms with E-state index in [2.05, 4.69) is 15.1 Å². The normalized spacial score (nSPS) is 11.7. The van der Waals surface area contributed by atoms with Crippen LogP contribution in [-0.2, 0) is 6.18 Å². The van der Waals surface area contributed by atoms with Crippen LogP contribution in [0.5, 0.6) is 0 Å². The van der Waals surface area contributed by atoms with Gasteiger partial charge in [-0.1, -0.05) is 12.1 Å². The minimum Gasteiger partial charge on any atom is -0.443 e. The van der Waals surface area contributed by atoms with Crippen molar-refractivity contribution in [3.63, 3.8) is 0 Å². The molecule has 182 valence electrons. The third kappa shape index (κ3) is 3.96. The molecule has 5 rings (SSSR count). The third-order valence-corrected chi connectivity index (χ3v) is 5.40. The van der Waals surface area contributed by atoms with Crippen LogP contribution in [0.1, 0.15) is 5.56 Å². The van der Waals surface area contributed by atoms with Gasteiger partial charge in [-0.2, -0.15) is 18.3 Å². The van der Waals surface area contributed by atoms with Gasteiger partial charge in [-0.25, -0.2) is 23.7 Å². The summed E-state index contributed by atoms with van der Waals surface area (Å²) in [5, 5.41) is 4.17. The van der Waals surface area contributed by atoms with Crippen LogP contribution in [0.4, 0.5) is 39.5 Å². The van der Waals surface area contributed by atoms with Gasteiger partial charge in [0.25, 0.3) is 0 Å². The lowest BCUT2D eigenvalue weighted by Crippen LogP contribution is -2.31. The number of rotatable bonds is 4. The van der Waals surface area contributed by atoms with Crippen LogP contribution in [0, 0.1) is 5.82 Å². The fraction of sp³-hybridized carbons (Fsp3) is 0.0435. The standard InChI is InChI=1S/C23H15F4N7O2/c24-14-5-13(23(25,26)27)6-16(7-14)34(22(29)35)15-3-1-12(2-4-15)19-17(18-8-30-11-36-18)9-33-20(19)21(28)31-10-32-33/h1-11H,(H2,29,35)(H2,28,31,32). The van der Waals surface area contributed by atoms with Crippen LogP contribution in [0.15, 0.2) is 72.0 Å². The molecule has 0 aliphatic heterocycles. The lowest BCUT2D eigenvalue weighted by Gasteiger charge is -2.22. The summed E-state index contributed by atoms with van der Waals surface area (Å²) in [6.45, 7) is 0. The van der Waals surface area contributed by atoms with Gasteiger partial charge in [0.1, 0.15) is 17.7 Å². The highest BCUT2D eigenvalue weighted by molar-refractivity contribution is 6.00. The van der Waals surface area contributed by atoms with E-state index < -0.39 is 23.6 Å². The first-order valence-electron chi connectivity index (χ1n) is 10.2. The molecule has 2 amide bonds. The topological polar surface area (TPSA) is 129 Å². The Balaban J connectivity index is 1.63. The maximum Gasteiger partial charge on any atom is 0.416 e. The van der Waals surface area contributed by atoms with Gasteiger partial charge in [0.05, 0.1) is 23.1 Å². The van der Waals surface area contributed by atoms with Crippen LogP contribution in [0.2, 0.25) is 0 Å². The van der Waals surface area contributed by atoms with E-state index in [4.69, 9.17) is 15.9 Å². The highest BCUT2D eigenvalue weighted by Crippen LogP contribution is 2.40. The van der Waals surface area contributed by atoms with Gasteiger partial charge in [0, 0.05) is 17.3 Å². The number of primary amides is 1. The first-order valence-corrected chi connectivity index (χ1v) is 10.2. The summed E-state index contributed by atoms with van der Waals surface area (Å²) in [5.41, 5.74) is 12.3. The Morgan fingerprint density at radius 3 is 2.47 bits per heavy atom. The number of benzene rings is 2. The van der Waals surface area contributed by atoms with E-state index in [0.29, 0.717) is 40.1 Å². The number of alkyl halides is 3. The molecule has 0 fully saturated rings. The van der Waals surface area contributed by atoms with Gasteiger partial charge < -0.3 is 15.9 Å². The number of nitrogen functional groups attached to an aromatic ring is 1. The first kappa shape index (κ1) is 22.8. The first-order chi connectivity index (χ1) is 17.1. The number of hydrogen-bond acceptors (Lipinski definition) is 6. The molecular weight excluding hydrogens is 482 g/mol. The number of carbonyl (C=O) groups is 1. The molecule has 2 aromatic carbocycles. The third-order valence-electron chi connectivity index (χ3n) is 5.40. The van der Waals surface area contributed by atoms with Crippen LogP contribution in [0.3, 0.4) is 0 Å². The number of amides is 2. The lowest BCUT2D eigenvalue weighted by atomic mass is 10.0. The summed E-state index contributed by atoms with van der Waals surface area (Å²) in [7, 11) is 0. The average Bonchev–Trinajstić information content (AvgIpc) is 3.47. The molecule has 5 aromatic rings. The predicted octanol–water partition coefficient (Wildman–Crippen LogP) is 5.01. The molecule has 0 saturated carbocycles. The van der Waals surface area contributed by atoms with Gasteiger partial charge in [0.2, 0.25) is 0 Å². The van der Waals surface area contributed by atoms with Gasteiger partial charge in [0.15, 0.2) is 18.0 Å². The molecule has 0 atom stereocenters. The van der Waals surface area contributed by atoms with Crippen molar-refractivity contribution in [3.8, 4) is 22.5 Å². The molecule has 0 aliphatic carbocycles. The average molecular weight is 497 g/mol. The van der Waals surface area contributed by atoms with Crippen molar-refractivity contribution in [2.75, 3.05) is 10.6 Å². The van der Waals surface area contributed by atoms with Gasteiger partial charge in [-0.3, -0.25) is 4.90 Å². The quantitative estimate of drug-likeness (QED) is 0.336.